The third-order valence-corrected chi connectivity index (χ3v) is 24.0. The first-order valence-corrected chi connectivity index (χ1v) is 44.1. The Morgan fingerprint density at radius 2 is 0.674 bits per heavy atom. The van der Waals surface area contributed by atoms with Gasteiger partial charge in [-0.2, -0.15) is 19.0 Å². The van der Waals surface area contributed by atoms with Gasteiger partial charge in [0.25, 0.3) is 36.2 Å². The number of phenolic OH excluding ortho intramolecular Hbond substituents is 4. The molecule has 4 heterocycles. The molecule has 0 bridgehead atoms. The zero-order chi connectivity index (χ0) is 92.6. The Hall–Kier alpha value is -15.5. The van der Waals surface area contributed by atoms with Gasteiger partial charge in [0.2, 0.25) is 0 Å². The second kappa shape index (κ2) is 41.7. The van der Waals surface area contributed by atoms with E-state index in [1.807, 2.05) is 268 Å². The second-order valence-corrected chi connectivity index (χ2v) is 33.8. The van der Waals surface area contributed by atoms with Crippen molar-refractivity contribution in [3.05, 3.63) is 314 Å². The van der Waals surface area contributed by atoms with Gasteiger partial charge in [0.05, 0.1) is 52.7 Å². The molecule has 132 heavy (non-hydrogen) atoms. The van der Waals surface area contributed by atoms with Crippen LogP contribution in [0.25, 0.3) is 43.1 Å². The molecule has 12 aromatic carbocycles. The lowest BCUT2D eigenvalue weighted by molar-refractivity contribution is -0.877. The number of aryl methyl sites for hydroxylation is 2. The normalized spacial score (nSPS) is 17.0. The van der Waals surface area contributed by atoms with E-state index in [0.717, 1.165) is 103 Å². The van der Waals surface area contributed by atoms with Crippen molar-refractivity contribution in [3.8, 4) is 23.0 Å². The Kier molecular flexibility index (Phi) is 28.8. The number of quaternary nitrogens is 4. The van der Waals surface area contributed by atoms with Crippen molar-refractivity contribution in [2.45, 2.75) is 52.1 Å². The molecule has 0 aliphatic carbocycles. The third kappa shape index (κ3) is 21.7. The van der Waals surface area contributed by atoms with Gasteiger partial charge in [-0.25, -0.2) is 0 Å². The highest BCUT2D eigenvalue weighted by Gasteiger charge is 2.35. The highest BCUT2D eigenvalue weighted by molar-refractivity contribution is 6.02. The molecule has 6 unspecified atom stereocenters. The van der Waals surface area contributed by atoms with Crippen molar-refractivity contribution in [2.75, 3.05) is 119 Å². The lowest BCUT2D eigenvalue weighted by Crippen LogP contribution is -3.11. The number of carbonyl (C=O) groups is 4. The lowest BCUT2D eigenvalue weighted by atomic mass is 10.1. The molecule has 672 valence electrons. The Morgan fingerprint density at radius 3 is 1.04 bits per heavy atom. The molecule has 4 aliphatic rings. The van der Waals surface area contributed by atoms with Gasteiger partial charge >= 0.3 is 11.9 Å². The first-order valence-electron chi connectivity index (χ1n) is 44.1. The van der Waals surface area contributed by atoms with E-state index < -0.39 is 0 Å². The zero-order valence-electron chi connectivity index (χ0n) is 75.8. The van der Waals surface area contributed by atoms with Crippen molar-refractivity contribution < 1.29 is 68.4 Å². The van der Waals surface area contributed by atoms with Crippen LogP contribution < -0.4 is 30.2 Å². The molecule has 0 fully saturated rings. The van der Waals surface area contributed by atoms with E-state index in [1.165, 1.54) is 0 Å². The van der Waals surface area contributed by atoms with Gasteiger partial charge in [0.1, 0.15) is 81.8 Å². The quantitative estimate of drug-likeness (QED) is 0.0148. The summed E-state index contributed by atoms with van der Waals surface area (Å²) in [6.07, 6.45) is 18.1. The number of carbonyl (C=O) groups excluding carboxylic acids is 4. The minimum absolute atomic E-state index is 0.0407. The van der Waals surface area contributed by atoms with Crippen molar-refractivity contribution in [2.24, 2.45) is 40.9 Å². The van der Waals surface area contributed by atoms with Crippen LogP contribution in [0.2, 0.25) is 0 Å². The number of guanidine groups is 2. The number of benzene rings is 12. The zero-order valence-corrected chi connectivity index (χ0v) is 75.8. The number of phenols is 4. The predicted octanol–water partition coefficient (Wildman–Crippen LogP) is 13.8. The molecule has 10 N–H and O–H groups in total. The molecule has 0 aromatic heterocycles. The van der Waals surface area contributed by atoms with E-state index in [1.54, 1.807) is 121 Å². The van der Waals surface area contributed by atoms with Crippen LogP contribution in [0.15, 0.2) is 321 Å². The summed E-state index contributed by atoms with van der Waals surface area (Å²) in [6, 6.07) is 71.5. The smallest absolute Gasteiger partial charge is 0.506 e. The molecule has 0 spiro atoms. The molecule has 0 saturated heterocycles. The van der Waals surface area contributed by atoms with Crippen LogP contribution in [0.1, 0.15) is 78.2 Å². The van der Waals surface area contributed by atoms with E-state index in [9.17, 15) is 39.6 Å². The number of azo groups is 4. The summed E-state index contributed by atoms with van der Waals surface area (Å²) < 4.78 is 3.80. The van der Waals surface area contributed by atoms with Gasteiger partial charge in [0, 0.05) is 161 Å². The van der Waals surface area contributed by atoms with Crippen molar-refractivity contribution in [1.29, 1.82) is 0 Å². The SMILES string of the molecule is CN(CCC[NH+]1C=C[N+](C)=C1N=Nc1c(O)ccc2cc(Nc3ccccc3)ccc12)C(=O)c1ccc(C(=O)N(C)CCC[NH+]2C=CN(C)C2N=Nc2c(O)ccc3cc(Nc4ccccc4)ccc23)cc1.Cc1ccc2ccc(O)c(N=NC3=[N+](C)C=C[NH+]3CCCN(C)C(=O)c3ccc(C(=O)N(C)CCC[NH+]4C=CN(C)C4N=Nc4c(O)ccc5ccc(C)cc45)cc3)c2c1. The van der Waals surface area contributed by atoms with Crippen molar-refractivity contribution >= 4 is 124 Å². The molecule has 4 amide bonds. The summed E-state index contributed by atoms with van der Waals surface area (Å²) >= 11 is 0. The van der Waals surface area contributed by atoms with Crippen LogP contribution in [0.3, 0.4) is 0 Å². The monoisotopic (exact) mass is 1770 g/mol. The van der Waals surface area contributed by atoms with Crippen molar-refractivity contribution in [3.63, 3.8) is 0 Å². The molecule has 0 radical (unpaired) electrons. The maximum Gasteiger partial charge on any atom is 0.524 e. The fourth-order valence-corrected chi connectivity index (χ4v) is 16.5. The number of nitrogens with one attached hydrogen (secondary N) is 6. The fraction of sp³-hybridized carbons (Fsp3) is 0.235. The van der Waals surface area contributed by atoms with Gasteiger partial charge in [-0.15, -0.1) is 20.5 Å². The van der Waals surface area contributed by atoms with Gasteiger partial charge in [-0.1, -0.05) is 96.1 Å². The second-order valence-electron chi connectivity index (χ2n) is 33.8. The van der Waals surface area contributed by atoms with Gasteiger partial charge in [-0.3, -0.25) is 29.0 Å². The summed E-state index contributed by atoms with van der Waals surface area (Å²) in [5, 5.41) is 93.4. The Bertz CT molecular complexity index is 6610. The topological polar surface area (TPSA) is 315 Å². The standard InChI is InChI=1S/C56H56N12O4.C46H50N10O4/c1-63(29-11-31-67-35-33-65(3)55(67)61-59-51-47-25-23-45(37-41(47)21-27-49(51)69)57-43-13-7-5-8-14-43)53(71)39-17-19-40(20-18-39)54(72)64(2)30-12-32-68-36-34-66(4)56(68)62-60-52-48-26-24-46(38-42(48)22-28-50(52)70)58-44-15-9-6-10-16-44;1-31-9-11-33-17-19-39(57)41(37(33)29-31)47-49-45-53(5)25-27-55(45)23-7-21-51(3)43(59)35-13-15-36(16-14-35)44(60)52(4)22-8-24-56-28-26-54(6)46(56)50-48-42-38-30-32(2)10-12-34(38)18-20-40(42)58/h5-10,13-28,33-38,55H,11-12,29-32H2,1-4H3,(H3,57,58,59,60,61,69,70,71,72);9-20,25-30,45H,7-8,21-24H2,1-6H3,(H,49,57)/p+6. The van der Waals surface area contributed by atoms with E-state index in [0.29, 0.717) is 129 Å². The molecule has 30 nitrogen and oxygen atoms in total. The molecular weight excluding hydrogens is 1660 g/mol. The predicted molar refractivity (Wildman–Crippen MR) is 514 cm³/mol. The van der Waals surface area contributed by atoms with Crippen LogP contribution in [0, 0.1) is 13.8 Å². The Balaban J connectivity index is 0.000000205. The van der Waals surface area contributed by atoms with E-state index in [4.69, 9.17) is 5.11 Å². The molecule has 16 rings (SSSR count). The first kappa shape index (κ1) is 91.3. The van der Waals surface area contributed by atoms with E-state index in [-0.39, 0.29) is 59.2 Å². The van der Waals surface area contributed by atoms with Crippen LogP contribution in [-0.2, 0) is 0 Å². The third-order valence-electron chi connectivity index (χ3n) is 24.0. The van der Waals surface area contributed by atoms with Crippen LogP contribution in [-0.4, -0.2) is 216 Å². The molecular formula is C102H112N22O8+6. The number of amides is 4. The number of nitrogens with zero attached hydrogens (tertiary/aromatic N) is 16. The van der Waals surface area contributed by atoms with Crippen LogP contribution >= 0.6 is 0 Å². The van der Waals surface area contributed by atoms with Crippen molar-refractivity contribution in [1.82, 2.24) is 29.4 Å². The largest absolute Gasteiger partial charge is 0.524 e. The minimum atomic E-state index is -0.341. The van der Waals surface area contributed by atoms with E-state index >= 15 is 0 Å². The summed E-state index contributed by atoms with van der Waals surface area (Å²) in [5.74, 6) is 1.11. The summed E-state index contributed by atoms with van der Waals surface area (Å²) in [7, 11) is 14.8. The maximum atomic E-state index is 13.5. The number of hydrogen-bond acceptors (Lipinski definition) is 20. The van der Waals surface area contributed by atoms with Gasteiger partial charge in [-0.05, 0) is 191 Å². The molecule has 12 aromatic rings. The highest BCUT2D eigenvalue weighted by Crippen LogP contribution is 2.41. The summed E-state index contributed by atoms with van der Waals surface area (Å²) in [5.41, 5.74) is 9.66. The van der Waals surface area contributed by atoms with Gasteiger partial charge in [0.15, 0.2) is 11.4 Å². The number of para-hydroxylation sites is 2. The average Bonchev–Trinajstić information content (AvgIpc) is 1.13. The Labute approximate surface area is 766 Å². The molecule has 30 heteroatoms. The van der Waals surface area contributed by atoms with Crippen LogP contribution in [0.4, 0.5) is 45.5 Å². The number of hydrogen-bond donors (Lipinski definition) is 10. The summed E-state index contributed by atoms with van der Waals surface area (Å²) in [6.45, 7) is 8.83. The number of aromatic hydroxyl groups is 4. The average molecular weight is 1770 g/mol. The minimum Gasteiger partial charge on any atom is -0.506 e. The molecule has 6 atom stereocenters. The first-order chi connectivity index (χ1) is 63.9. The summed E-state index contributed by atoms with van der Waals surface area (Å²) in [4.78, 5) is 68.6. The molecule has 0 saturated carbocycles. The lowest BCUT2D eigenvalue weighted by Gasteiger charge is -2.22. The van der Waals surface area contributed by atoms with Gasteiger partial charge < -0.3 is 60.5 Å². The maximum absolute atomic E-state index is 13.5. The number of rotatable bonds is 30. The number of anilines is 4. The number of fused-ring (bicyclic) bond motifs is 4. The Morgan fingerprint density at radius 1 is 0.356 bits per heavy atom. The van der Waals surface area contributed by atoms with E-state index in [2.05, 4.69) is 46.4 Å². The fourth-order valence-electron chi connectivity index (χ4n) is 16.5. The highest BCUT2D eigenvalue weighted by atomic mass is 16.3. The molecule has 4 aliphatic heterocycles. The van der Waals surface area contributed by atoms with Crippen LogP contribution in [0.5, 0.6) is 23.0 Å².